The van der Waals surface area contributed by atoms with E-state index in [0.29, 0.717) is 23.0 Å². The number of rotatable bonds is 9. The monoisotopic (exact) mass is 397 g/mol. The molecule has 2 rings (SSSR count). The molecule has 0 aromatic heterocycles. The minimum atomic E-state index is -0.617. The topological polar surface area (TPSA) is 73.9 Å². The zero-order valence-electron chi connectivity index (χ0n) is 17.2. The molecule has 0 saturated carbocycles. The zero-order chi connectivity index (χ0) is 21.2. The summed E-state index contributed by atoms with van der Waals surface area (Å²) in [5.74, 6) is 0.526. The number of carbonyl (C=O) groups excluding carboxylic acids is 2. The van der Waals surface area contributed by atoms with Crippen molar-refractivity contribution in [2.45, 2.75) is 26.2 Å². The number of benzene rings is 2. The lowest BCUT2D eigenvalue weighted by atomic mass is 9.97. The summed E-state index contributed by atoms with van der Waals surface area (Å²) in [4.78, 5) is 24.1. The van der Waals surface area contributed by atoms with Gasteiger partial charge in [0.2, 0.25) is 0 Å². The SMILES string of the molecule is CC[C@@H](C)c1ccccc1NC(=O)COC(=O)/C=C/c1ccc(OC)cc1OC. The molecule has 6 heteroatoms. The van der Waals surface area contributed by atoms with Crippen LogP contribution < -0.4 is 14.8 Å². The van der Waals surface area contributed by atoms with Gasteiger partial charge < -0.3 is 19.5 Å². The normalized spacial score (nSPS) is 11.7. The van der Waals surface area contributed by atoms with Crippen molar-refractivity contribution >= 4 is 23.6 Å². The Morgan fingerprint density at radius 3 is 2.55 bits per heavy atom. The Morgan fingerprint density at radius 1 is 1.10 bits per heavy atom. The standard InChI is InChI=1S/C23H27NO5/c1-5-16(2)19-8-6-7-9-20(19)24-22(25)15-29-23(26)13-11-17-10-12-18(27-3)14-21(17)28-4/h6-14,16H,5,15H2,1-4H3,(H,24,25)/b13-11+/t16-/m1/s1. The molecule has 154 valence electrons. The molecule has 6 nitrogen and oxygen atoms in total. The van der Waals surface area contributed by atoms with Crippen LogP contribution in [0.5, 0.6) is 11.5 Å². The van der Waals surface area contributed by atoms with Crippen LogP contribution in [0.3, 0.4) is 0 Å². The van der Waals surface area contributed by atoms with Gasteiger partial charge in [0.25, 0.3) is 5.91 Å². The van der Waals surface area contributed by atoms with Crippen molar-refractivity contribution in [3.63, 3.8) is 0 Å². The molecule has 2 aromatic carbocycles. The van der Waals surface area contributed by atoms with Crippen LogP contribution in [0, 0.1) is 0 Å². The molecule has 0 radical (unpaired) electrons. The number of hydrogen-bond donors (Lipinski definition) is 1. The number of nitrogens with one attached hydrogen (secondary N) is 1. The Kier molecular flexibility index (Phi) is 8.27. The van der Waals surface area contributed by atoms with E-state index in [-0.39, 0.29) is 12.5 Å². The summed E-state index contributed by atoms with van der Waals surface area (Å²) in [5, 5.41) is 2.81. The van der Waals surface area contributed by atoms with Crippen LogP contribution in [0.2, 0.25) is 0 Å². The summed E-state index contributed by atoms with van der Waals surface area (Å²) in [6.45, 7) is 3.83. The van der Waals surface area contributed by atoms with E-state index >= 15 is 0 Å². The third kappa shape index (κ3) is 6.38. The number of anilines is 1. The molecule has 0 heterocycles. The second-order valence-electron chi connectivity index (χ2n) is 6.49. The highest BCUT2D eigenvalue weighted by Crippen LogP contribution is 2.27. The molecule has 1 atom stereocenters. The summed E-state index contributed by atoms with van der Waals surface area (Å²) >= 11 is 0. The molecule has 0 spiro atoms. The molecule has 29 heavy (non-hydrogen) atoms. The number of methoxy groups -OCH3 is 2. The molecule has 0 saturated heterocycles. The summed E-state index contributed by atoms with van der Waals surface area (Å²) in [5.41, 5.74) is 2.49. The largest absolute Gasteiger partial charge is 0.497 e. The summed E-state index contributed by atoms with van der Waals surface area (Å²) in [7, 11) is 3.10. The second kappa shape index (κ2) is 10.9. The Labute approximate surface area is 171 Å². The smallest absolute Gasteiger partial charge is 0.331 e. The Morgan fingerprint density at radius 2 is 1.86 bits per heavy atom. The van der Waals surface area contributed by atoms with Crippen molar-refractivity contribution in [3.05, 3.63) is 59.7 Å². The highest BCUT2D eigenvalue weighted by atomic mass is 16.5. The van der Waals surface area contributed by atoms with Crippen molar-refractivity contribution in [2.75, 3.05) is 26.1 Å². The number of ether oxygens (including phenoxy) is 3. The lowest BCUT2D eigenvalue weighted by molar-refractivity contribution is -0.142. The van der Waals surface area contributed by atoms with E-state index in [1.807, 2.05) is 24.3 Å². The van der Waals surface area contributed by atoms with Gasteiger partial charge in [0.05, 0.1) is 14.2 Å². The third-order valence-electron chi connectivity index (χ3n) is 4.56. The summed E-state index contributed by atoms with van der Waals surface area (Å²) in [6, 6.07) is 12.9. The lowest BCUT2D eigenvalue weighted by Crippen LogP contribution is -2.21. The van der Waals surface area contributed by atoms with E-state index in [4.69, 9.17) is 14.2 Å². The van der Waals surface area contributed by atoms with Crippen LogP contribution in [0.15, 0.2) is 48.5 Å². The number of amides is 1. The molecule has 0 fully saturated rings. The van der Waals surface area contributed by atoms with Gasteiger partial charge in [0.1, 0.15) is 11.5 Å². The van der Waals surface area contributed by atoms with Crippen molar-refractivity contribution in [3.8, 4) is 11.5 Å². The van der Waals surface area contributed by atoms with Gasteiger partial charge in [-0.25, -0.2) is 4.79 Å². The fraction of sp³-hybridized carbons (Fsp3) is 0.304. The maximum absolute atomic E-state index is 12.2. The molecule has 0 aliphatic heterocycles. The van der Waals surface area contributed by atoms with Crippen LogP contribution in [-0.2, 0) is 14.3 Å². The molecule has 1 amide bonds. The molecule has 0 bridgehead atoms. The third-order valence-corrected chi connectivity index (χ3v) is 4.56. The van der Waals surface area contributed by atoms with Crippen LogP contribution in [-0.4, -0.2) is 32.7 Å². The maximum Gasteiger partial charge on any atom is 0.331 e. The van der Waals surface area contributed by atoms with Crippen molar-refractivity contribution in [1.82, 2.24) is 0 Å². The van der Waals surface area contributed by atoms with Gasteiger partial charge in [-0.2, -0.15) is 0 Å². The molecular formula is C23H27NO5. The van der Waals surface area contributed by atoms with Gasteiger partial charge in [-0.05, 0) is 42.2 Å². The highest BCUT2D eigenvalue weighted by Gasteiger charge is 2.12. The zero-order valence-corrected chi connectivity index (χ0v) is 17.2. The molecule has 1 N–H and O–H groups in total. The fourth-order valence-electron chi connectivity index (χ4n) is 2.75. The number of para-hydroxylation sites is 1. The van der Waals surface area contributed by atoms with Crippen molar-refractivity contribution in [1.29, 1.82) is 0 Å². The maximum atomic E-state index is 12.2. The Balaban J connectivity index is 1.93. The van der Waals surface area contributed by atoms with Gasteiger partial charge >= 0.3 is 5.97 Å². The molecule has 0 aliphatic carbocycles. The Hall–Kier alpha value is -3.28. The first-order valence-corrected chi connectivity index (χ1v) is 9.44. The van der Waals surface area contributed by atoms with Crippen molar-refractivity contribution in [2.24, 2.45) is 0 Å². The lowest BCUT2D eigenvalue weighted by Gasteiger charge is -2.15. The van der Waals surface area contributed by atoms with Crippen LogP contribution in [0.1, 0.15) is 37.3 Å². The van der Waals surface area contributed by atoms with Gasteiger partial charge in [0.15, 0.2) is 6.61 Å². The van der Waals surface area contributed by atoms with Crippen LogP contribution >= 0.6 is 0 Å². The molecular weight excluding hydrogens is 370 g/mol. The summed E-state index contributed by atoms with van der Waals surface area (Å²) < 4.78 is 15.5. The van der Waals surface area contributed by atoms with Crippen LogP contribution in [0.4, 0.5) is 5.69 Å². The van der Waals surface area contributed by atoms with E-state index in [9.17, 15) is 9.59 Å². The summed E-state index contributed by atoms with van der Waals surface area (Å²) in [6.07, 6.45) is 3.78. The van der Waals surface area contributed by atoms with E-state index in [1.165, 1.54) is 13.2 Å². The fourth-order valence-corrected chi connectivity index (χ4v) is 2.75. The first-order valence-electron chi connectivity index (χ1n) is 9.44. The highest BCUT2D eigenvalue weighted by molar-refractivity contribution is 5.95. The average molecular weight is 397 g/mol. The first kappa shape index (κ1) is 22.0. The Bertz CT molecular complexity index is 875. The van der Waals surface area contributed by atoms with E-state index in [1.54, 1.807) is 31.4 Å². The van der Waals surface area contributed by atoms with Crippen molar-refractivity contribution < 1.29 is 23.8 Å². The quantitative estimate of drug-likeness (QED) is 0.501. The molecule has 0 unspecified atom stereocenters. The van der Waals surface area contributed by atoms with Gasteiger partial charge in [-0.3, -0.25) is 4.79 Å². The predicted octanol–water partition coefficient (Wildman–Crippen LogP) is 4.41. The van der Waals surface area contributed by atoms with E-state index in [2.05, 4.69) is 19.2 Å². The molecule has 2 aromatic rings. The number of hydrogen-bond acceptors (Lipinski definition) is 5. The second-order valence-corrected chi connectivity index (χ2v) is 6.49. The first-order chi connectivity index (χ1) is 14.0. The van der Waals surface area contributed by atoms with Crippen LogP contribution in [0.25, 0.3) is 6.08 Å². The number of carbonyl (C=O) groups is 2. The molecule has 0 aliphatic rings. The van der Waals surface area contributed by atoms with E-state index in [0.717, 1.165) is 17.7 Å². The van der Waals surface area contributed by atoms with Gasteiger partial charge in [0, 0.05) is 23.4 Å². The minimum Gasteiger partial charge on any atom is -0.497 e. The van der Waals surface area contributed by atoms with E-state index < -0.39 is 5.97 Å². The predicted molar refractivity (Wildman–Crippen MR) is 113 cm³/mol. The minimum absolute atomic E-state index is 0.316. The number of esters is 1. The average Bonchev–Trinajstić information content (AvgIpc) is 2.75. The van der Waals surface area contributed by atoms with Gasteiger partial charge in [-0.15, -0.1) is 0 Å². The van der Waals surface area contributed by atoms with Gasteiger partial charge in [-0.1, -0.05) is 32.0 Å².